The third-order valence-electron chi connectivity index (χ3n) is 3.43. The molecular formula is C17H15ClFNO3S. The molecule has 0 aromatic heterocycles. The zero-order chi connectivity index (χ0) is 16.9. The van der Waals surface area contributed by atoms with E-state index in [0.29, 0.717) is 34.4 Å². The van der Waals surface area contributed by atoms with Crippen molar-refractivity contribution in [1.82, 2.24) is 5.32 Å². The number of nitrogens with one attached hydrogen (secondary N) is 1. The molecule has 1 aliphatic heterocycles. The van der Waals surface area contributed by atoms with Crippen LogP contribution in [0.15, 0.2) is 36.4 Å². The number of halogens is 2. The number of ether oxygens (including phenoxy) is 2. The predicted molar refractivity (Wildman–Crippen MR) is 92.0 cm³/mol. The number of carbonyl (C=O) groups excluding carboxylic acids is 1. The molecule has 0 spiro atoms. The summed E-state index contributed by atoms with van der Waals surface area (Å²) in [5, 5.41) is 3.19. The summed E-state index contributed by atoms with van der Waals surface area (Å²) in [7, 11) is 0. The van der Waals surface area contributed by atoms with Gasteiger partial charge >= 0.3 is 0 Å². The number of hydrogen-bond acceptors (Lipinski definition) is 4. The van der Waals surface area contributed by atoms with E-state index in [-0.39, 0.29) is 24.3 Å². The Labute approximate surface area is 148 Å². The second-order valence-corrected chi connectivity index (χ2v) is 6.61. The van der Waals surface area contributed by atoms with Crippen LogP contribution in [-0.4, -0.2) is 18.5 Å². The smallest absolute Gasteiger partial charge is 0.231 e. The molecule has 2 aromatic rings. The van der Waals surface area contributed by atoms with Gasteiger partial charge in [0.25, 0.3) is 0 Å². The fraction of sp³-hybridized carbons (Fsp3) is 0.235. The van der Waals surface area contributed by atoms with Crippen molar-refractivity contribution in [2.45, 2.75) is 12.3 Å². The predicted octanol–water partition coefficient (Wildman–Crippen LogP) is 3.76. The van der Waals surface area contributed by atoms with Crippen LogP contribution in [0.25, 0.3) is 0 Å². The number of carbonyl (C=O) groups is 1. The van der Waals surface area contributed by atoms with Gasteiger partial charge in [-0.3, -0.25) is 4.79 Å². The number of hydrogen-bond donors (Lipinski definition) is 1. The zero-order valence-corrected chi connectivity index (χ0v) is 14.3. The summed E-state index contributed by atoms with van der Waals surface area (Å²) in [6, 6.07) is 10.1. The Morgan fingerprint density at radius 3 is 2.88 bits per heavy atom. The number of amides is 1. The normalized spacial score (nSPS) is 12.2. The summed E-state index contributed by atoms with van der Waals surface area (Å²) in [4.78, 5) is 11.9. The minimum Gasteiger partial charge on any atom is -0.454 e. The van der Waals surface area contributed by atoms with Crippen molar-refractivity contribution in [2.24, 2.45) is 0 Å². The topological polar surface area (TPSA) is 47.6 Å². The molecule has 24 heavy (non-hydrogen) atoms. The number of thioether (sulfide) groups is 1. The Balaban J connectivity index is 1.43. The lowest BCUT2D eigenvalue weighted by molar-refractivity contribution is -0.118. The molecule has 1 heterocycles. The van der Waals surface area contributed by atoms with Crippen molar-refractivity contribution < 1.29 is 18.7 Å². The van der Waals surface area contributed by atoms with Crippen LogP contribution in [0, 0.1) is 5.82 Å². The summed E-state index contributed by atoms with van der Waals surface area (Å²) in [5.74, 6) is 1.62. The molecule has 4 nitrogen and oxygen atoms in total. The van der Waals surface area contributed by atoms with Crippen LogP contribution in [0.3, 0.4) is 0 Å². The first-order chi connectivity index (χ1) is 11.6. The quantitative estimate of drug-likeness (QED) is 0.844. The van der Waals surface area contributed by atoms with Gasteiger partial charge < -0.3 is 14.8 Å². The lowest BCUT2D eigenvalue weighted by Gasteiger charge is -2.07. The molecule has 0 saturated heterocycles. The monoisotopic (exact) mass is 367 g/mol. The number of rotatable bonds is 6. The van der Waals surface area contributed by atoms with Gasteiger partial charge in [-0.2, -0.15) is 0 Å². The molecule has 0 unspecified atom stereocenters. The van der Waals surface area contributed by atoms with E-state index < -0.39 is 0 Å². The van der Waals surface area contributed by atoms with E-state index in [2.05, 4.69) is 5.32 Å². The van der Waals surface area contributed by atoms with E-state index in [4.69, 9.17) is 21.1 Å². The maximum Gasteiger partial charge on any atom is 0.231 e. The van der Waals surface area contributed by atoms with Gasteiger partial charge in [-0.15, -0.1) is 11.8 Å². The molecule has 0 saturated carbocycles. The minimum absolute atomic E-state index is 0.105. The average molecular weight is 368 g/mol. The zero-order valence-electron chi connectivity index (χ0n) is 12.7. The largest absolute Gasteiger partial charge is 0.454 e. The summed E-state index contributed by atoms with van der Waals surface area (Å²) in [6.07, 6.45) is 0. The van der Waals surface area contributed by atoms with Gasteiger partial charge in [0, 0.05) is 17.3 Å². The Kier molecular flexibility index (Phi) is 5.48. The van der Waals surface area contributed by atoms with Crippen LogP contribution in [0.5, 0.6) is 11.5 Å². The molecule has 7 heteroatoms. The van der Waals surface area contributed by atoms with Gasteiger partial charge in [0.2, 0.25) is 12.7 Å². The first-order valence-corrected chi connectivity index (χ1v) is 8.82. The Morgan fingerprint density at radius 1 is 1.21 bits per heavy atom. The van der Waals surface area contributed by atoms with Gasteiger partial charge in [0.15, 0.2) is 11.5 Å². The van der Waals surface area contributed by atoms with Crippen molar-refractivity contribution in [3.8, 4) is 11.5 Å². The molecule has 1 amide bonds. The third-order valence-corrected chi connectivity index (χ3v) is 4.65. The standard InChI is InChI=1S/C17H15ClFNO3S/c18-13-3-2-12(14(19)6-13)8-24-9-17(21)20-7-11-1-4-15-16(5-11)23-10-22-15/h1-6H,7-10H2,(H,20,21). The van der Waals surface area contributed by atoms with Gasteiger partial charge in [0.05, 0.1) is 5.75 Å². The lowest BCUT2D eigenvalue weighted by atomic mass is 10.2. The molecule has 0 bridgehead atoms. The second kappa shape index (κ2) is 7.77. The summed E-state index contributed by atoms with van der Waals surface area (Å²) in [5.41, 5.74) is 1.47. The highest BCUT2D eigenvalue weighted by atomic mass is 35.5. The van der Waals surface area contributed by atoms with Crippen molar-refractivity contribution in [3.63, 3.8) is 0 Å². The van der Waals surface area contributed by atoms with Crippen LogP contribution >= 0.6 is 23.4 Å². The Bertz CT molecular complexity index is 757. The second-order valence-electron chi connectivity index (χ2n) is 5.19. The van der Waals surface area contributed by atoms with Crippen molar-refractivity contribution in [2.75, 3.05) is 12.5 Å². The summed E-state index contributed by atoms with van der Waals surface area (Å²) < 4.78 is 24.2. The third kappa shape index (κ3) is 4.33. The fourth-order valence-corrected chi connectivity index (χ4v) is 3.20. The van der Waals surface area contributed by atoms with Gasteiger partial charge in [0.1, 0.15) is 5.82 Å². The van der Waals surface area contributed by atoms with E-state index >= 15 is 0 Å². The van der Waals surface area contributed by atoms with Crippen molar-refractivity contribution in [3.05, 3.63) is 58.4 Å². The van der Waals surface area contributed by atoms with E-state index in [1.165, 1.54) is 17.8 Å². The molecule has 0 radical (unpaired) electrons. The maximum absolute atomic E-state index is 13.6. The van der Waals surface area contributed by atoms with Crippen molar-refractivity contribution in [1.29, 1.82) is 0 Å². The van der Waals surface area contributed by atoms with E-state index in [1.807, 2.05) is 18.2 Å². The summed E-state index contributed by atoms with van der Waals surface area (Å²) in [6.45, 7) is 0.633. The molecule has 0 atom stereocenters. The van der Waals surface area contributed by atoms with E-state index in [9.17, 15) is 9.18 Å². The first-order valence-electron chi connectivity index (χ1n) is 7.29. The molecule has 1 N–H and O–H groups in total. The van der Waals surface area contributed by atoms with Crippen LogP contribution in [0.2, 0.25) is 5.02 Å². The molecular weight excluding hydrogens is 353 g/mol. The van der Waals surface area contributed by atoms with Crippen LogP contribution in [0.4, 0.5) is 4.39 Å². The minimum atomic E-state index is -0.351. The van der Waals surface area contributed by atoms with Gasteiger partial charge in [-0.05, 0) is 35.4 Å². The highest BCUT2D eigenvalue weighted by Gasteiger charge is 2.13. The van der Waals surface area contributed by atoms with E-state index in [0.717, 1.165) is 5.56 Å². The number of fused-ring (bicyclic) bond motifs is 1. The van der Waals surface area contributed by atoms with Gasteiger partial charge in [-0.25, -0.2) is 4.39 Å². The first kappa shape index (κ1) is 16.9. The summed E-state index contributed by atoms with van der Waals surface area (Å²) >= 11 is 7.06. The highest BCUT2D eigenvalue weighted by Crippen LogP contribution is 2.32. The Morgan fingerprint density at radius 2 is 2.04 bits per heavy atom. The van der Waals surface area contributed by atoms with Crippen LogP contribution in [-0.2, 0) is 17.1 Å². The molecule has 0 aliphatic carbocycles. The maximum atomic E-state index is 13.6. The molecule has 2 aromatic carbocycles. The SMILES string of the molecule is O=C(CSCc1ccc(Cl)cc1F)NCc1ccc2c(c1)OCO2. The lowest BCUT2D eigenvalue weighted by Crippen LogP contribution is -2.24. The molecule has 126 valence electrons. The van der Waals surface area contributed by atoms with Crippen molar-refractivity contribution >= 4 is 29.3 Å². The average Bonchev–Trinajstić information content (AvgIpc) is 3.02. The van der Waals surface area contributed by atoms with Crippen LogP contribution in [0.1, 0.15) is 11.1 Å². The molecule has 1 aliphatic rings. The van der Waals surface area contributed by atoms with E-state index in [1.54, 1.807) is 12.1 Å². The fourth-order valence-electron chi connectivity index (χ4n) is 2.20. The number of benzene rings is 2. The highest BCUT2D eigenvalue weighted by molar-refractivity contribution is 7.99. The Hall–Kier alpha value is -1.92. The van der Waals surface area contributed by atoms with Gasteiger partial charge in [-0.1, -0.05) is 23.7 Å². The molecule has 3 rings (SSSR count). The molecule has 0 fully saturated rings. The van der Waals surface area contributed by atoms with Crippen LogP contribution < -0.4 is 14.8 Å².